The van der Waals surface area contributed by atoms with Crippen molar-refractivity contribution in [2.75, 3.05) is 20.8 Å². The Bertz CT molecular complexity index is 453. The van der Waals surface area contributed by atoms with Crippen LogP contribution in [-0.4, -0.2) is 26.9 Å². The zero-order chi connectivity index (χ0) is 14.0. The monoisotopic (exact) mass is 348 g/mol. The van der Waals surface area contributed by atoms with Crippen molar-refractivity contribution in [1.82, 2.24) is 0 Å². The second-order valence-electron chi connectivity index (χ2n) is 4.75. The topological polar surface area (TPSA) is 27.7 Å². The molecule has 1 heterocycles. The van der Waals surface area contributed by atoms with Gasteiger partial charge in [-0.15, -0.1) is 0 Å². The van der Waals surface area contributed by atoms with E-state index in [1.54, 1.807) is 14.2 Å². The number of hydrogen-bond acceptors (Lipinski definition) is 3. The van der Waals surface area contributed by atoms with Gasteiger partial charge in [0.2, 0.25) is 0 Å². The lowest BCUT2D eigenvalue weighted by Crippen LogP contribution is -2.09. The molecule has 0 bridgehead atoms. The van der Waals surface area contributed by atoms with E-state index in [0.29, 0.717) is 28.5 Å². The van der Waals surface area contributed by atoms with Crippen LogP contribution in [0.25, 0.3) is 0 Å². The van der Waals surface area contributed by atoms with Crippen molar-refractivity contribution in [2.24, 2.45) is 5.92 Å². The number of hydrogen-bond donors (Lipinski definition) is 0. The first-order valence-corrected chi connectivity index (χ1v) is 7.53. The molecular weight excluding hydrogens is 332 g/mol. The molecule has 5 heteroatoms. The number of methoxy groups -OCH3 is 2. The largest absolute Gasteiger partial charge is 0.495 e. The maximum absolute atomic E-state index is 6.29. The molecule has 2 rings (SSSR count). The van der Waals surface area contributed by atoms with Gasteiger partial charge >= 0.3 is 0 Å². The number of alkyl halides is 1. The molecule has 0 amide bonds. The van der Waals surface area contributed by atoms with Crippen LogP contribution in [0.2, 0.25) is 5.02 Å². The Kier molecular flexibility index (Phi) is 4.98. The highest BCUT2D eigenvalue weighted by Crippen LogP contribution is 2.46. The summed E-state index contributed by atoms with van der Waals surface area (Å²) in [5, 5.41) is 0.513. The summed E-state index contributed by atoms with van der Waals surface area (Å²) in [5.41, 5.74) is 1.04. The van der Waals surface area contributed by atoms with Crippen LogP contribution in [-0.2, 0) is 4.74 Å². The summed E-state index contributed by atoms with van der Waals surface area (Å²) in [7, 11) is 3.22. The van der Waals surface area contributed by atoms with E-state index < -0.39 is 0 Å². The highest BCUT2D eigenvalue weighted by atomic mass is 79.9. The molecule has 0 saturated carbocycles. The molecule has 1 aliphatic heterocycles. The van der Waals surface area contributed by atoms with E-state index in [-0.39, 0.29) is 4.83 Å². The van der Waals surface area contributed by atoms with Gasteiger partial charge in [0.15, 0.2) is 0 Å². The summed E-state index contributed by atoms with van der Waals surface area (Å²) in [6, 6.07) is 3.86. The molecule has 3 unspecified atom stereocenters. The van der Waals surface area contributed by atoms with Crippen LogP contribution in [0.4, 0.5) is 0 Å². The molecule has 19 heavy (non-hydrogen) atoms. The summed E-state index contributed by atoms with van der Waals surface area (Å²) in [6.07, 6.45) is 1.34. The van der Waals surface area contributed by atoms with Crippen LogP contribution in [0.3, 0.4) is 0 Å². The number of benzene rings is 1. The Balaban J connectivity index is 2.31. The Morgan fingerprint density at radius 3 is 2.63 bits per heavy atom. The predicted octanol–water partition coefficient (Wildman–Crippen LogP) is 4.22. The van der Waals surface area contributed by atoms with Gasteiger partial charge in [-0.3, -0.25) is 0 Å². The summed E-state index contributed by atoms with van der Waals surface area (Å²) in [4.78, 5) is 0.163. The van der Waals surface area contributed by atoms with Crippen molar-refractivity contribution < 1.29 is 14.2 Å². The van der Waals surface area contributed by atoms with Crippen LogP contribution in [0.15, 0.2) is 12.1 Å². The van der Waals surface area contributed by atoms with Gasteiger partial charge in [-0.05, 0) is 19.4 Å². The van der Waals surface area contributed by atoms with Gasteiger partial charge in [-0.1, -0.05) is 33.6 Å². The van der Waals surface area contributed by atoms with Crippen LogP contribution in [0.1, 0.15) is 23.7 Å². The lowest BCUT2D eigenvalue weighted by molar-refractivity contribution is 0.120. The molecule has 0 aromatic heterocycles. The average Bonchev–Trinajstić information content (AvgIpc) is 2.84. The van der Waals surface area contributed by atoms with Crippen LogP contribution >= 0.6 is 27.5 Å². The van der Waals surface area contributed by atoms with Crippen molar-refractivity contribution in [3.8, 4) is 11.5 Å². The first kappa shape index (κ1) is 14.9. The predicted molar refractivity (Wildman–Crippen MR) is 79.7 cm³/mol. The van der Waals surface area contributed by atoms with Gasteiger partial charge in [0.1, 0.15) is 16.5 Å². The number of halogens is 2. The molecule has 0 N–H and O–H groups in total. The van der Waals surface area contributed by atoms with E-state index in [0.717, 1.165) is 18.6 Å². The van der Waals surface area contributed by atoms with Crippen molar-refractivity contribution in [3.63, 3.8) is 0 Å². The molecule has 3 atom stereocenters. The summed E-state index contributed by atoms with van der Waals surface area (Å²) in [5.74, 6) is 1.72. The first-order chi connectivity index (χ1) is 9.08. The van der Waals surface area contributed by atoms with Gasteiger partial charge in [0, 0.05) is 16.3 Å². The van der Waals surface area contributed by atoms with Crippen molar-refractivity contribution in [2.45, 2.75) is 24.3 Å². The second-order valence-corrected chi connectivity index (χ2v) is 6.11. The third kappa shape index (κ3) is 3.01. The minimum atomic E-state index is 0.163. The maximum Gasteiger partial charge on any atom is 0.145 e. The third-order valence-electron chi connectivity index (χ3n) is 3.46. The maximum atomic E-state index is 6.29. The van der Waals surface area contributed by atoms with E-state index >= 15 is 0 Å². The van der Waals surface area contributed by atoms with Gasteiger partial charge < -0.3 is 14.2 Å². The Morgan fingerprint density at radius 2 is 2.11 bits per heavy atom. The minimum absolute atomic E-state index is 0.163. The first-order valence-electron chi connectivity index (χ1n) is 6.24. The highest BCUT2D eigenvalue weighted by Gasteiger charge is 2.31. The molecule has 1 aliphatic rings. The summed E-state index contributed by atoms with van der Waals surface area (Å²) >= 11 is 10.0. The molecule has 1 fully saturated rings. The van der Waals surface area contributed by atoms with Gasteiger partial charge in [-0.25, -0.2) is 0 Å². The van der Waals surface area contributed by atoms with Crippen molar-refractivity contribution in [3.05, 3.63) is 22.7 Å². The Labute approximate surface area is 127 Å². The van der Waals surface area contributed by atoms with Crippen molar-refractivity contribution >= 4 is 27.5 Å². The second kappa shape index (κ2) is 6.33. The molecule has 0 spiro atoms. The van der Waals surface area contributed by atoms with Gasteiger partial charge in [0.05, 0.1) is 26.9 Å². The minimum Gasteiger partial charge on any atom is -0.495 e. The van der Waals surface area contributed by atoms with E-state index in [9.17, 15) is 0 Å². The molecule has 3 nitrogen and oxygen atoms in total. The fourth-order valence-electron chi connectivity index (χ4n) is 2.44. The standard InChI is InChI=1S/C14H18BrClO3/c1-8-6-9(7-19-8)12(15)10-4-5-11(17-2)13(16)14(10)18-3/h4-5,8-9,12H,6-7H2,1-3H3. The van der Waals surface area contributed by atoms with E-state index in [1.165, 1.54) is 0 Å². The SMILES string of the molecule is COc1ccc(C(Br)C2COC(C)C2)c(OC)c1Cl. The zero-order valence-electron chi connectivity index (χ0n) is 11.3. The van der Waals surface area contributed by atoms with Crippen LogP contribution in [0, 0.1) is 5.92 Å². The average molecular weight is 350 g/mol. The third-order valence-corrected chi connectivity index (χ3v) is 5.06. The van der Waals surface area contributed by atoms with E-state index in [2.05, 4.69) is 22.9 Å². The summed E-state index contributed by atoms with van der Waals surface area (Å²) in [6.45, 7) is 2.85. The Hall–Kier alpha value is -0.450. The molecular formula is C14H18BrClO3. The molecule has 1 aromatic carbocycles. The molecule has 1 saturated heterocycles. The molecule has 1 aromatic rings. The van der Waals surface area contributed by atoms with Gasteiger partial charge in [0.25, 0.3) is 0 Å². The van der Waals surface area contributed by atoms with Crippen LogP contribution in [0.5, 0.6) is 11.5 Å². The van der Waals surface area contributed by atoms with Crippen molar-refractivity contribution in [1.29, 1.82) is 0 Å². The fourth-order valence-corrected chi connectivity index (χ4v) is 3.50. The van der Waals surface area contributed by atoms with Crippen LogP contribution < -0.4 is 9.47 Å². The molecule has 106 valence electrons. The molecule has 0 aliphatic carbocycles. The Morgan fingerprint density at radius 1 is 1.37 bits per heavy atom. The van der Waals surface area contributed by atoms with E-state index in [1.807, 2.05) is 12.1 Å². The lowest BCUT2D eigenvalue weighted by atomic mass is 9.96. The van der Waals surface area contributed by atoms with E-state index in [4.69, 9.17) is 25.8 Å². The molecule has 0 radical (unpaired) electrons. The normalized spacial score (nSPS) is 24.3. The van der Waals surface area contributed by atoms with Gasteiger partial charge in [-0.2, -0.15) is 0 Å². The fraction of sp³-hybridized carbons (Fsp3) is 0.571. The summed E-state index contributed by atoms with van der Waals surface area (Å²) < 4.78 is 16.3. The lowest BCUT2D eigenvalue weighted by Gasteiger charge is -2.20. The number of rotatable bonds is 4. The number of ether oxygens (including phenoxy) is 3. The highest BCUT2D eigenvalue weighted by molar-refractivity contribution is 9.09. The zero-order valence-corrected chi connectivity index (χ0v) is 13.6. The quantitative estimate of drug-likeness (QED) is 0.762. The smallest absolute Gasteiger partial charge is 0.145 e.